The van der Waals surface area contributed by atoms with Gasteiger partial charge in [0.2, 0.25) is 5.91 Å². The van der Waals surface area contributed by atoms with Crippen molar-refractivity contribution in [3.05, 3.63) is 107 Å². The van der Waals surface area contributed by atoms with Gasteiger partial charge in [-0.25, -0.2) is 9.07 Å². The van der Waals surface area contributed by atoms with E-state index in [2.05, 4.69) is 10.4 Å². The Morgan fingerprint density at radius 2 is 1.62 bits per heavy atom. The highest BCUT2D eigenvalue weighted by atomic mass is 19.1. The molecule has 0 atom stereocenters. The van der Waals surface area contributed by atoms with Crippen LogP contribution in [0.2, 0.25) is 0 Å². The number of para-hydroxylation sites is 1. The van der Waals surface area contributed by atoms with Crippen LogP contribution in [0.5, 0.6) is 0 Å². The molecule has 0 fully saturated rings. The second-order valence-electron chi connectivity index (χ2n) is 7.51. The SMILES string of the molecule is O=C(Cn1ncc2c3ccccc3n(Cc3ccccc3)c2c1=O)Nc1ccc(F)cc1. The van der Waals surface area contributed by atoms with Crippen LogP contribution in [0.4, 0.5) is 10.1 Å². The summed E-state index contributed by atoms with van der Waals surface area (Å²) in [6.07, 6.45) is 1.63. The zero-order chi connectivity index (χ0) is 22.1. The summed E-state index contributed by atoms with van der Waals surface area (Å²) < 4.78 is 16.2. The molecular weight excluding hydrogens is 407 g/mol. The number of nitrogens with zero attached hydrogens (tertiary/aromatic N) is 3. The molecule has 0 bridgehead atoms. The summed E-state index contributed by atoms with van der Waals surface area (Å²) in [4.78, 5) is 25.9. The summed E-state index contributed by atoms with van der Waals surface area (Å²) in [7, 11) is 0. The molecule has 5 aromatic rings. The molecule has 3 aromatic carbocycles. The van der Waals surface area contributed by atoms with Crippen LogP contribution in [0.1, 0.15) is 5.56 Å². The zero-order valence-corrected chi connectivity index (χ0v) is 17.0. The zero-order valence-electron chi connectivity index (χ0n) is 17.0. The molecule has 0 aliphatic heterocycles. The van der Waals surface area contributed by atoms with E-state index in [0.717, 1.165) is 26.5 Å². The molecule has 5 rings (SSSR count). The number of aromatic nitrogens is 3. The van der Waals surface area contributed by atoms with E-state index in [-0.39, 0.29) is 12.1 Å². The molecule has 0 spiro atoms. The van der Waals surface area contributed by atoms with Gasteiger partial charge in [0.15, 0.2) is 0 Å². The van der Waals surface area contributed by atoms with Crippen molar-refractivity contribution in [1.82, 2.24) is 14.3 Å². The van der Waals surface area contributed by atoms with Gasteiger partial charge >= 0.3 is 0 Å². The molecule has 0 aliphatic carbocycles. The number of benzene rings is 3. The summed E-state index contributed by atoms with van der Waals surface area (Å²) in [6.45, 7) is 0.269. The Bertz CT molecular complexity index is 1490. The molecule has 0 saturated carbocycles. The molecule has 0 radical (unpaired) electrons. The van der Waals surface area contributed by atoms with Crippen molar-refractivity contribution in [1.29, 1.82) is 0 Å². The minimum atomic E-state index is -0.420. The average Bonchev–Trinajstić information content (AvgIpc) is 3.12. The van der Waals surface area contributed by atoms with Gasteiger partial charge in [0.1, 0.15) is 17.9 Å². The van der Waals surface area contributed by atoms with E-state index in [4.69, 9.17) is 0 Å². The number of carbonyl (C=O) groups is 1. The van der Waals surface area contributed by atoms with E-state index in [9.17, 15) is 14.0 Å². The molecule has 0 saturated heterocycles. The van der Waals surface area contributed by atoms with Gasteiger partial charge in [-0.1, -0.05) is 48.5 Å². The van der Waals surface area contributed by atoms with Crippen LogP contribution in [0, 0.1) is 5.82 Å². The standard InChI is InChI=1S/C25H19FN4O2/c26-18-10-12-19(13-11-18)28-23(31)16-30-25(32)24-21(14-27-30)20-8-4-5-9-22(20)29(24)15-17-6-2-1-3-7-17/h1-14H,15-16H2,(H,28,31). The summed E-state index contributed by atoms with van der Waals surface area (Å²) >= 11 is 0. The highest BCUT2D eigenvalue weighted by molar-refractivity contribution is 6.07. The van der Waals surface area contributed by atoms with Crippen molar-refractivity contribution in [2.45, 2.75) is 13.1 Å². The van der Waals surface area contributed by atoms with Crippen LogP contribution in [-0.2, 0) is 17.9 Å². The normalized spacial score (nSPS) is 11.2. The molecule has 7 heteroatoms. The smallest absolute Gasteiger partial charge is 0.291 e. The van der Waals surface area contributed by atoms with E-state index in [0.29, 0.717) is 17.7 Å². The van der Waals surface area contributed by atoms with E-state index in [1.165, 1.54) is 24.3 Å². The summed E-state index contributed by atoms with van der Waals surface area (Å²) in [6, 6.07) is 23.1. The van der Waals surface area contributed by atoms with Crippen LogP contribution < -0.4 is 10.9 Å². The number of nitrogens with one attached hydrogen (secondary N) is 1. The monoisotopic (exact) mass is 426 g/mol. The van der Waals surface area contributed by atoms with Crippen LogP contribution in [0.25, 0.3) is 21.8 Å². The number of carbonyl (C=O) groups excluding carboxylic acids is 1. The minimum Gasteiger partial charge on any atom is -0.331 e. The fourth-order valence-electron chi connectivity index (χ4n) is 3.91. The van der Waals surface area contributed by atoms with Crippen molar-refractivity contribution in [3.8, 4) is 0 Å². The van der Waals surface area contributed by atoms with Gasteiger partial charge in [0, 0.05) is 28.5 Å². The third-order valence-corrected chi connectivity index (χ3v) is 5.38. The van der Waals surface area contributed by atoms with E-state index < -0.39 is 11.7 Å². The lowest BCUT2D eigenvalue weighted by Crippen LogP contribution is -2.30. The van der Waals surface area contributed by atoms with Crippen molar-refractivity contribution in [3.63, 3.8) is 0 Å². The quantitative estimate of drug-likeness (QED) is 0.459. The molecule has 0 aliphatic rings. The van der Waals surface area contributed by atoms with Crippen LogP contribution in [-0.4, -0.2) is 20.3 Å². The second kappa shape index (κ2) is 8.11. The Balaban J connectivity index is 1.55. The topological polar surface area (TPSA) is 68.9 Å². The first-order valence-corrected chi connectivity index (χ1v) is 10.2. The van der Waals surface area contributed by atoms with Crippen molar-refractivity contribution in [2.75, 3.05) is 5.32 Å². The second-order valence-corrected chi connectivity index (χ2v) is 7.51. The van der Waals surface area contributed by atoms with Crippen molar-refractivity contribution in [2.24, 2.45) is 0 Å². The maximum absolute atomic E-state index is 13.4. The van der Waals surface area contributed by atoms with Gasteiger partial charge in [-0.2, -0.15) is 5.10 Å². The minimum absolute atomic E-state index is 0.251. The molecule has 1 N–H and O–H groups in total. The Hall–Kier alpha value is -4.26. The predicted molar refractivity (Wildman–Crippen MR) is 122 cm³/mol. The van der Waals surface area contributed by atoms with E-state index >= 15 is 0 Å². The lowest BCUT2D eigenvalue weighted by molar-refractivity contribution is -0.117. The van der Waals surface area contributed by atoms with E-state index in [1.54, 1.807) is 6.20 Å². The third kappa shape index (κ3) is 3.65. The van der Waals surface area contributed by atoms with Gasteiger partial charge in [-0.05, 0) is 35.9 Å². The van der Waals surface area contributed by atoms with Gasteiger partial charge < -0.3 is 9.88 Å². The molecule has 158 valence electrons. The van der Waals surface area contributed by atoms with Crippen LogP contribution in [0.3, 0.4) is 0 Å². The van der Waals surface area contributed by atoms with Gasteiger partial charge in [0.05, 0.1) is 6.20 Å². The average molecular weight is 426 g/mol. The summed E-state index contributed by atoms with van der Waals surface area (Å²) in [5, 5.41) is 8.59. The highest BCUT2D eigenvalue weighted by Crippen LogP contribution is 2.27. The molecular formula is C25H19FN4O2. The maximum Gasteiger partial charge on any atom is 0.291 e. The summed E-state index contributed by atoms with van der Waals surface area (Å²) in [5.74, 6) is -0.811. The predicted octanol–water partition coefficient (Wildman–Crippen LogP) is 4.18. The first-order valence-electron chi connectivity index (χ1n) is 10.2. The van der Waals surface area contributed by atoms with Gasteiger partial charge in [0.25, 0.3) is 5.56 Å². The Kier molecular flexibility index (Phi) is 4.99. The summed E-state index contributed by atoms with van der Waals surface area (Å²) in [5.41, 5.74) is 2.60. The number of fused-ring (bicyclic) bond motifs is 3. The molecule has 1 amide bonds. The Morgan fingerprint density at radius 3 is 2.41 bits per heavy atom. The number of halogens is 1. The number of rotatable bonds is 5. The van der Waals surface area contributed by atoms with Crippen molar-refractivity contribution < 1.29 is 9.18 Å². The number of anilines is 1. The molecule has 0 unspecified atom stereocenters. The van der Waals surface area contributed by atoms with Crippen LogP contribution >= 0.6 is 0 Å². The third-order valence-electron chi connectivity index (χ3n) is 5.38. The first-order chi connectivity index (χ1) is 15.6. The number of amides is 1. The number of hydrogen-bond acceptors (Lipinski definition) is 3. The highest BCUT2D eigenvalue weighted by Gasteiger charge is 2.17. The fourth-order valence-corrected chi connectivity index (χ4v) is 3.91. The molecule has 2 aromatic heterocycles. The Morgan fingerprint density at radius 1 is 0.906 bits per heavy atom. The van der Waals surface area contributed by atoms with Crippen molar-refractivity contribution >= 4 is 33.4 Å². The molecule has 2 heterocycles. The largest absolute Gasteiger partial charge is 0.331 e. The van der Waals surface area contributed by atoms with Crippen LogP contribution in [0.15, 0.2) is 89.9 Å². The molecule has 32 heavy (non-hydrogen) atoms. The molecule has 6 nitrogen and oxygen atoms in total. The van der Waals surface area contributed by atoms with E-state index in [1.807, 2.05) is 59.2 Å². The lowest BCUT2D eigenvalue weighted by atomic mass is 10.2. The fraction of sp³-hybridized carbons (Fsp3) is 0.0800. The lowest BCUT2D eigenvalue weighted by Gasteiger charge is -2.09. The number of hydrogen-bond donors (Lipinski definition) is 1. The van der Waals surface area contributed by atoms with Gasteiger partial charge in [-0.3, -0.25) is 9.59 Å². The van der Waals surface area contributed by atoms with Gasteiger partial charge in [-0.15, -0.1) is 0 Å². The Labute approximate surface area is 182 Å². The first kappa shape index (κ1) is 19.7. The maximum atomic E-state index is 13.4.